The van der Waals surface area contributed by atoms with E-state index in [1.807, 2.05) is 61.5 Å². The highest BCUT2D eigenvalue weighted by molar-refractivity contribution is 6.06. The Kier molecular flexibility index (Phi) is 6.42. The van der Waals surface area contributed by atoms with Gasteiger partial charge in [-0.2, -0.15) is 4.98 Å². The molecule has 1 aromatic heterocycles. The Balaban J connectivity index is 1.63. The maximum atomic E-state index is 11.6. The molecular weight excluding hydrogens is 402 g/mol. The lowest BCUT2D eigenvalue weighted by molar-refractivity contribution is 0.101. The molecule has 4 rings (SSSR count). The molecule has 0 N–H and O–H groups in total. The van der Waals surface area contributed by atoms with Crippen molar-refractivity contribution in [1.82, 2.24) is 9.97 Å². The average Bonchev–Trinajstić information content (AvgIpc) is 3.17. The van der Waals surface area contributed by atoms with Crippen LogP contribution < -0.4 is 4.74 Å². The first-order valence-corrected chi connectivity index (χ1v) is 10.7. The molecule has 6 nitrogen and oxygen atoms in total. The molecule has 1 aliphatic heterocycles. The summed E-state index contributed by atoms with van der Waals surface area (Å²) < 4.78 is 11.6. The highest BCUT2D eigenvalue weighted by Crippen LogP contribution is 2.41. The highest BCUT2D eigenvalue weighted by atomic mass is 16.5. The number of aromatic nitrogens is 2. The van der Waals surface area contributed by atoms with Crippen molar-refractivity contribution in [3.63, 3.8) is 0 Å². The third-order valence-electron chi connectivity index (χ3n) is 5.74. The molecule has 1 aliphatic rings. The molecule has 0 saturated carbocycles. The Morgan fingerprint density at radius 1 is 1.03 bits per heavy atom. The third-order valence-corrected chi connectivity index (χ3v) is 5.74. The van der Waals surface area contributed by atoms with E-state index in [-0.39, 0.29) is 17.7 Å². The molecule has 2 aromatic carbocycles. The Morgan fingerprint density at radius 3 is 2.41 bits per heavy atom. The lowest BCUT2D eigenvalue weighted by Gasteiger charge is -2.19. The summed E-state index contributed by atoms with van der Waals surface area (Å²) in [4.78, 5) is 25.9. The van der Waals surface area contributed by atoms with Gasteiger partial charge in [-0.3, -0.25) is 9.79 Å². The van der Waals surface area contributed by atoms with Crippen molar-refractivity contribution in [2.45, 2.75) is 39.3 Å². The van der Waals surface area contributed by atoms with Gasteiger partial charge < -0.3 is 9.47 Å². The first-order chi connectivity index (χ1) is 15.5. The fourth-order valence-electron chi connectivity index (χ4n) is 4.00. The number of carbonyl (C=O) groups is 1. The number of Topliss-reactive ketones (excluding diaryl/α,β-unsaturated/α-hetero) is 1. The van der Waals surface area contributed by atoms with E-state index in [2.05, 4.69) is 11.9 Å². The molecule has 0 amide bonds. The van der Waals surface area contributed by atoms with Gasteiger partial charge in [0.2, 0.25) is 5.88 Å². The number of ketones is 1. The summed E-state index contributed by atoms with van der Waals surface area (Å²) in [6, 6.07) is 17.6. The van der Waals surface area contributed by atoms with Crippen molar-refractivity contribution in [2.75, 3.05) is 13.7 Å². The summed E-state index contributed by atoms with van der Waals surface area (Å²) in [7, 11) is 1.61. The van der Waals surface area contributed by atoms with Crippen molar-refractivity contribution in [3.8, 4) is 5.88 Å². The molecule has 0 saturated heterocycles. The predicted molar refractivity (Wildman–Crippen MR) is 124 cm³/mol. The zero-order valence-corrected chi connectivity index (χ0v) is 18.8. The van der Waals surface area contributed by atoms with Gasteiger partial charge in [0.15, 0.2) is 5.78 Å². The van der Waals surface area contributed by atoms with Crippen molar-refractivity contribution < 1.29 is 14.3 Å². The van der Waals surface area contributed by atoms with E-state index in [0.29, 0.717) is 30.5 Å². The number of aliphatic imine (C=N–C) groups is 1. The number of rotatable bonds is 8. The van der Waals surface area contributed by atoms with Crippen LogP contribution in [0.25, 0.3) is 0 Å². The Hall–Kier alpha value is -3.38. The van der Waals surface area contributed by atoms with Gasteiger partial charge in [0, 0.05) is 11.5 Å². The monoisotopic (exact) mass is 429 g/mol. The minimum atomic E-state index is -0.181. The Morgan fingerprint density at radius 2 is 1.75 bits per heavy atom. The van der Waals surface area contributed by atoms with Crippen LogP contribution >= 0.6 is 0 Å². The fraction of sp³-hybridized carbons (Fsp3) is 0.308. The SMILES string of the molecule is COc1nc(C)nc2c1C(COCc1ccccc1)=NC2C(C)c1ccc(C(C)=O)cc1. The number of hydrogen-bond donors (Lipinski definition) is 0. The van der Waals surface area contributed by atoms with E-state index in [9.17, 15) is 4.79 Å². The molecule has 2 unspecified atom stereocenters. The number of ether oxygens (including phenoxy) is 2. The molecule has 0 fully saturated rings. The van der Waals surface area contributed by atoms with Crippen LogP contribution in [0.15, 0.2) is 59.6 Å². The summed E-state index contributed by atoms with van der Waals surface area (Å²) >= 11 is 0. The second-order valence-electron chi connectivity index (χ2n) is 8.01. The van der Waals surface area contributed by atoms with E-state index in [4.69, 9.17) is 19.5 Å². The Bertz CT molecular complexity index is 1140. The van der Waals surface area contributed by atoms with Crippen LogP contribution in [0.2, 0.25) is 0 Å². The molecule has 2 heterocycles. The second kappa shape index (κ2) is 9.40. The number of carbonyl (C=O) groups excluding carboxylic acids is 1. The standard InChI is InChI=1S/C26H27N3O3/c1-16(20-10-12-21(13-11-20)17(2)30)24-25-23(26(31-4)28-18(3)27-25)22(29-24)15-32-14-19-8-6-5-7-9-19/h5-13,16,24H,14-15H2,1-4H3. The molecule has 2 atom stereocenters. The van der Waals surface area contributed by atoms with E-state index in [1.54, 1.807) is 14.0 Å². The van der Waals surface area contributed by atoms with E-state index >= 15 is 0 Å². The lowest BCUT2D eigenvalue weighted by Crippen LogP contribution is -2.13. The third kappa shape index (κ3) is 4.46. The van der Waals surface area contributed by atoms with Gasteiger partial charge in [0.05, 0.1) is 43.3 Å². The molecule has 0 aliphatic carbocycles. The van der Waals surface area contributed by atoms with Gasteiger partial charge in [0.25, 0.3) is 0 Å². The van der Waals surface area contributed by atoms with Crippen LogP contribution in [0.1, 0.15) is 64.4 Å². The molecular formula is C26H27N3O3. The minimum Gasteiger partial charge on any atom is -0.480 e. The van der Waals surface area contributed by atoms with Crippen molar-refractivity contribution in [3.05, 3.63) is 88.4 Å². The zero-order chi connectivity index (χ0) is 22.7. The van der Waals surface area contributed by atoms with Gasteiger partial charge in [0.1, 0.15) is 5.82 Å². The first-order valence-electron chi connectivity index (χ1n) is 10.7. The van der Waals surface area contributed by atoms with E-state index in [1.165, 1.54) is 0 Å². The summed E-state index contributed by atoms with van der Waals surface area (Å²) in [5.41, 5.74) is 5.38. The van der Waals surface area contributed by atoms with Gasteiger partial charge in [-0.25, -0.2) is 4.98 Å². The van der Waals surface area contributed by atoms with Crippen molar-refractivity contribution in [1.29, 1.82) is 0 Å². The van der Waals surface area contributed by atoms with Crippen LogP contribution in [0.4, 0.5) is 0 Å². The van der Waals surface area contributed by atoms with E-state index in [0.717, 1.165) is 28.1 Å². The van der Waals surface area contributed by atoms with Crippen LogP contribution in [0.3, 0.4) is 0 Å². The smallest absolute Gasteiger partial charge is 0.226 e. The predicted octanol–water partition coefficient (Wildman–Crippen LogP) is 4.86. The number of nitrogens with zero attached hydrogens (tertiary/aromatic N) is 3. The minimum absolute atomic E-state index is 0.0550. The number of methoxy groups -OCH3 is 1. The number of fused-ring (bicyclic) bond motifs is 1. The molecule has 3 aromatic rings. The maximum Gasteiger partial charge on any atom is 0.226 e. The number of benzene rings is 2. The average molecular weight is 430 g/mol. The van der Waals surface area contributed by atoms with E-state index < -0.39 is 0 Å². The normalized spacial score (nSPS) is 15.8. The molecule has 32 heavy (non-hydrogen) atoms. The van der Waals surface area contributed by atoms with Gasteiger partial charge in [-0.05, 0) is 25.0 Å². The van der Waals surface area contributed by atoms with Crippen LogP contribution in [-0.4, -0.2) is 35.2 Å². The number of hydrogen-bond acceptors (Lipinski definition) is 6. The summed E-state index contributed by atoms with van der Waals surface area (Å²) in [6.07, 6.45) is 0. The molecule has 0 spiro atoms. The molecule has 6 heteroatoms. The Labute approximate surface area is 188 Å². The van der Waals surface area contributed by atoms with Crippen molar-refractivity contribution in [2.24, 2.45) is 4.99 Å². The first kappa shape index (κ1) is 21.8. The lowest BCUT2D eigenvalue weighted by atomic mass is 9.90. The fourth-order valence-corrected chi connectivity index (χ4v) is 4.00. The topological polar surface area (TPSA) is 73.7 Å². The second-order valence-corrected chi connectivity index (χ2v) is 8.01. The van der Waals surface area contributed by atoms with Gasteiger partial charge >= 0.3 is 0 Å². The molecule has 0 radical (unpaired) electrons. The zero-order valence-electron chi connectivity index (χ0n) is 18.8. The highest BCUT2D eigenvalue weighted by Gasteiger charge is 2.35. The van der Waals surface area contributed by atoms with Crippen LogP contribution in [-0.2, 0) is 11.3 Å². The summed E-state index contributed by atoms with van der Waals surface area (Å²) in [5, 5.41) is 0. The number of aryl methyl sites for hydroxylation is 1. The van der Waals surface area contributed by atoms with Crippen molar-refractivity contribution >= 4 is 11.5 Å². The molecule has 0 bridgehead atoms. The van der Waals surface area contributed by atoms with Crippen LogP contribution in [0, 0.1) is 6.92 Å². The van der Waals surface area contributed by atoms with Gasteiger partial charge in [-0.1, -0.05) is 61.5 Å². The maximum absolute atomic E-state index is 11.6. The largest absolute Gasteiger partial charge is 0.480 e. The summed E-state index contributed by atoms with van der Waals surface area (Å²) in [5.74, 6) is 1.28. The van der Waals surface area contributed by atoms with Gasteiger partial charge in [-0.15, -0.1) is 0 Å². The molecule has 164 valence electrons. The quantitative estimate of drug-likeness (QED) is 0.478. The van der Waals surface area contributed by atoms with Crippen LogP contribution in [0.5, 0.6) is 5.88 Å². The summed E-state index contributed by atoms with van der Waals surface area (Å²) in [6.45, 7) is 6.40.